The summed E-state index contributed by atoms with van der Waals surface area (Å²) >= 11 is 0. The molecule has 4 rings (SSSR count). The van der Waals surface area contributed by atoms with Crippen LogP contribution in [0, 0.1) is 0 Å². The van der Waals surface area contributed by atoms with Crippen molar-refractivity contribution in [3.05, 3.63) is 17.0 Å². The van der Waals surface area contributed by atoms with Crippen LogP contribution in [0.4, 0.5) is 0 Å². The summed E-state index contributed by atoms with van der Waals surface area (Å²) in [4.78, 5) is 20.0. The molecule has 7 heteroatoms. The molecule has 0 aromatic carbocycles. The quantitative estimate of drug-likeness (QED) is 0.827. The van der Waals surface area contributed by atoms with Crippen molar-refractivity contribution in [1.29, 1.82) is 0 Å². The van der Waals surface area contributed by atoms with Crippen LogP contribution >= 0.6 is 0 Å². The Hall–Kier alpha value is -1.44. The molecule has 2 saturated heterocycles. The standard InChI is InChI=1S/C19H32N6O/c1-14-3-4-15(2)25(14)12-9-23-7-10-24(11-8-23)19(26)18-16-13-20-6-5-17(16)21-22-18/h14-15,20H,3-13H2,1-2H3,(H,21,22). The molecule has 2 atom stereocenters. The number of H-pyrrole nitrogens is 1. The number of amides is 1. The number of carbonyl (C=O) groups is 1. The van der Waals surface area contributed by atoms with E-state index in [2.05, 4.69) is 39.2 Å². The van der Waals surface area contributed by atoms with Gasteiger partial charge in [0.15, 0.2) is 5.69 Å². The molecule has 1 aromatic heterocycles. The third-order valence-corrected chi connectivity index (χ3v) is 6.48. The van der Waals surface area contributed by atoms with Crippen LogP contribution < -0.4 is 5.32 Å². The number of nitrogens with one attached hydrogen (secondary N) is 2. The molecule has 3 aliphatic heterocycles. The Balaban J connectivity index is 1.28. The van der Waals surface area contributed by atoms with Crippen LogP contribution in [0.3, 0.4) is 0 Å². The molecule has 3 aliphatic rings. The normalized spacial score (nSPS) is 27.7. The average Bonchev–Trinajstić information content (AvgIpc) is 3.23. The fourth-order valence-electron chi connectivity index (χ4n) is 4.67. The van der Waals surface area contributed by atoms with Crippen LogP contribution in [-0.2, 0) is 13.0 Å². The zero-order chi connectivity index (χ0) is 18.1. The first-order valence-electron chi connectivity index (χ1n) is 10.2. The van der Waals surface area contributed by atoms with Gasteiger partial charge in [-0.05, 0) is 26.7 Å². The fraction of sp³-hybridized carbons (Fsp3) is 0.789. The molecule has 0 saturated carbocycles. The maximum Gasteiger partial charge on any atom is 0.274 e. The van der Waals surface area contributed by atoms with Gasteiger partial charge in [-0.1, -0.05) is 0 Å². The van der Waals surface area contributed by atoms with E-state index in [-0.39, 0.29) is 5.91 Å². The summed E-state index contributed by atoms with van der Waals surface area (Å²) in [6, 6.07) is 1.43. The molecule has 26 heavy (non-hydrogen) atoms. The first kappa shape index (κ1) is 17.9. The Kier molecular flexibility index (Phi) is 5.29. The van der Waals surface area contributed by atoms with E-state index in [1.807, 2.05) is 4.90 Å². The molecule has 2 N–H and O–H groups in total. The minimum absolute atomic E-state index is 0.0904. The Labute approximate surface area is 156 Å². The molecule has 2 fully saturated rings. The van der Waals surface area contributed by atoms with Crippen molar-refractivity contribution in [2.75, 3.05) is 45.8 Å². The molecule has 0 radical (unpaired) electrons. The van der Waals surface area contributed by atoms with Crippen molar-refractivity contribution in [3.63, 3.8) is 0 Å². The van der Waals surface area contributed by atoms with Crippen LogP contribution in [0.25, 0.3) is 0 Å². The monoisotopic (exact) mass is 360 g/mol. The summed E-state index contributed by atoms with van der Waals surface area (Å²) in [5, 5.41) is 10.7. The first-order valence-corrected chi connectivity index (χ1v) is 10.2. The largest absolute Gasteiger partial charge is 0.335 e. The van der Waals surface area contributed by atoms with Crippen molar-refractivity contribution in [3.8, 4) is 0 Å². The van der Waals surface area contributed by atoms with Gasteiger partial charge >= 0.3 is 0 Å². The van der Waals surface area contributed by atoms with Crippen molar-refractivity contribution >= 4 is 5.91 Å². The van der Waals surface area contributed by atoms with Gasteiger partial charge in [0.25, 0.3) is 5.91 Å². The van der Waals surface area contributed by atoms with Gasteiger partial charge in [0.2, 0.25) is 0 Å². The Bertz CT molecular complexity index is 626. The molecule has 4 heterocycles. The summed E-state index contributed by atoms with van der Waals surface area (Å²) < 4.78 is 0. The maximum atomic E-state index is 12.9. The summed E-state index contributed by atoms with van der Waals surface area (Å²) in [7, 11) is 0. The Morgan fingerprint density at radius 1 is 1.12 bits per heavy atom. The smallest absolute Gasteiger partial charge is 0.274 e. The Morgan fingerprint density at radius 2 is 1.85 bits per heavy atom. The molecular formula is C19H32N6O. The lowest BCUT2D eigenvalue weighted by Gasteiger charge is -2.36. The SMILES string of the molecule is CC1CCC(C)N1CCN1CCN(C(=O)c2n[nH]c3c2CNCC3)CC1. The van der Waals surface area contributed by atoms with Crippen LogP contribution in [0.2, 0.25) is 0 Å². The molecule has 1 aromatic rings. The van der Waals surface area contributed by atoms with Crippen molar-refractivity contribution < 1.29 is 4.79 Å². The van der Waals surface area contributed by atoms with E-state index in [1.165, 1.54) is 12.8 Å². The summed E-state index contributed by atoms with van der Waals surface area (Å²) in [5.74, 6) is 0.0904. The number of hydrogen-bond acceptors (Lipinski definition) is 5. The third kappa shape index (κ3) is 3.52. The van der Waals surface area contributed by atoms with Gasteiger partial charge in [-0.25, -0.2) is 0 Å². The van der Waals surface area contributed by atoms with E-state index in [0.29, 0.717) is 17.8 Å². The lowest BCUT2D eigenvalue weighted by molar-refractivity contribution is 0.0608. The van der Waals surface area contributed by atoms with Gasteiger partial charge in [-0.3, -0.25) is 19.7 Å². The van der Waals surface area contributed by atoms with Gasteiger partial charge in [0, 0.05) is 82.1 Å². The fourth-order valence-corrected chi connectivity index (χ4v) is 4.67. The van der Waals surface area contributed by atoms with Gasteiger partial charge in [0.05, 0.1) is 0 Å². The topological polar surface area (TPSA) is 67.5 Å². The highest BCUT2D eigenvalue weighted by atomic mass is 16.2. The number of aromatic amines is 1. The van der Waals surface area contributed by atoms with E-state index in [9.17, 15) is 4.79 Å². The predicted molar refractivity (Wildman–Crippen MR) is 101 cm³/mol. The Morgan fingerprint density at radius 3 is 2.58 bits per heavy atom. The molecule has 0 bridgehead atoms. The lowest BCUT2D eigenvalue weighted by Crippen LogP contribution is -2.51. The third-order valence-electron chi connectivity index (χ3n) is 6.48. The van der Waals surface area contributed by atoms with E-state index in [1.54, 1.807) is 0 Å². The highest BCUT2D eigenvalue weighted by molar-refractivity contribution is 5.94. The van der Waals surface area contributed by atoms with Crippen molar-refractivity contribution in [2.24, 2.45) is 0 Å². The minimum atomic E-state index is 0.0904. The van der Waals surface area contributed by atoms with Gasteiger partial charge in [-0.2, -0.15) is 5.10 Å². The second-order valence-corrected chi connectivity index (χ2v) is 8.10. The number of piperazine rings is 1. The molecule has 7 nitrogen and oxygen atoms in total. The van der Waals surface area contributed by atoms with Crippen molar-refractivity contribution in [2.45, 2.75) is 51.7 Å². The van der Waals surface area contributed by atoms with Crippen LogP contribution in [-0.4, -0.2) is 88.7 Å². The van der Waals surface area contributed by atoms with Crippen LogP contribution in [0.15, 0.2) is 0 Å². The van der Waals surface area contributed by atoms with Crippen molar-refractivity contribution in [1.82, 2.24) is 30.2 Å². The van der Waals surface area contributed by atoms with E-state index in [4.69, 9.17) is 0 Å². The molecule has 0 aliphatic carbocycles. The zero-order valence-corrected chi connectivity index (χ0v) is 16.1. The zero-order valence-electron chi connectivity index (χ0n) is 16.1. The number of rotatable bonds is 4. The van der Waals surface area contributed by atoms with Gasteiger partial charge in [-0.15, -0.1) is 0 Å². The number of fused-ring (bicyclic) bond motifs is 1. The van der Waals surface area contributed by atoms with E-state index >= 15 is 0 Å². The van der Waals surface area contributed by atoms with Crippen LogP contribution in [0.1, 0.15) is 48.4 Å². The minimum Gasteiger partial charge on any atom is -0.335 e. The number of hydrogen-bond donors (Lipinski definition) is 2. The average molecular weight is 361 g/mol. The molecule has 144 valence electrons. The van der Waals surface area contributed by atoms with Gasteiger partial charge < -0.3 is 10.2 Å². The molecule has 1 amide bonds. The van der Waals surface area contributed by atoms with Gasteiger partial charge in [0.1, 0.15) is 0 Å². The van der Waals surface area contributed by atoms with E-state index in [0.717, 1.165) is 70.0 Å². The molecule has 2 unspecified atom stereocenters. The second-order valence-electron chi connectivity index (χ2n) is 8.10. The highest BCUT2D eigenvalue weighted by Gasteiger charge is 2.30. The first-order chi connectivity index (χ1) is 12.6. The molecular weight excluding hydrogens is 328 g/mol. The maximum absolute atomic E-state index is 12.9. The van der Waals surface area contributed by atoms with E-state index < -0.39 is 0 Å². The lowest BCUT2D eigenvalue weighted by atomic mass is 10.1. The number of aromatic nitrogens is 2. The number of likely N-dealkylation sites (tertiary alicyclic amines) is 1. The number of nitrogens with zero attached hydrogens (tertiary/aromatic N) is 4. The number of carbonyl (C=O) groups excluding carboxylic acids is 1. The molecule has 0 spiro atoms. The van der Waals surface area contributed by atoms with Crippen LogP contribution in [0.5, 0.6) is 0 Å². The highest BCUT2D eigenvalue weighted by Crippen LogP contribution is 2.23. The summed E-state index contributed by atoms with van der Waals surface area (Å²) in [6.45, 7) is 12.2. The second kappa shape index (κ2) is 7.66. The summed E-state index contributed by atoms with van der Waals surface area (Å²) in [5.41, 5.74) is 2.82. The summed E-state index contributed by atoms with van der Waals surface area (Å²) in [6.07, 6.45) is 3.58. The predicted octanol–water partition coefficient (Wildman–Crippen LogP) is 0.686.